The molecule has 1 heterocycles. The van der Waals surface area contributed by atoms with E-state index in [4.69, 9.17) is 9.47 Å². The minimum absolute atomic E-state index is 0. The van der Waals surface area contributed by atoms with Crippen LogP contribution in [0.4, 0.5) is 4.39 Å². The summed E-state index contributed by atoms with van der Waals surface area (Å²) < 4.78 is 24.6. The van der Waals surface area contributed by atoms with Crippen molar-refractivity contribution in [2.24, 2.45) is 4.99 Å². The second-order valence-electron chi connectivity index (χ2n) is 8.79. The van der Waals surface area contributed by atoms with E-state index >= 15 is 0 Å². The van der Waals surface area contributed by atoms with E-state index in [1.807, 2.05) is 18.2 Å². The highest BCUT2D eigenvalue weighted by Crippen LogP contribution is 2.35. The zero-order valence-corrected chi connectivity index (χ0v) is 21.7. The van der Waals surface area contributed by atoms with Gasteiger partial charge in [-0.05, 0) is 48.2 Å². The van der Waals surface area contributed by atoms with Crippen molar-refractivity contribution >= 4 is 29.9 Å². The maximum absolute atomic E-state index is 13.7. The van der Waals surface area contributed by atoms with Gasteiger partial charge in [0.2, 0.25) is 0 Å². The number of aliphatic imine (C=N–C) groups is 1. The van der Waals surface area contributed by atoms with E-state index in [0.29, 0.717) is 6.54 Å². The van der Waals surface area contributed by atoms with Gasteiger partial charge in [0.15, 0.2) is 5.96 Å². The monoisotopic (exact) mass is 555 g/mol. The molecule has 0 unspecified atom stereocenters. The Labute approximate surface area is 208 Å². The molecule has 0 saturated carbocycles. The van der Waals surface area contributed by atoms with Crippen LogP contribution in [0, 0.1) is 5.82 Å². The largest absolute Gasteiger partial charge is 0.497 e. The topological polar surface area (TPSA) is 54.9 Å². The summed E-state index contributed by atoms with van der Waals surface area (Å²) in [6.45, 7) is 7.06. The lowest BCUT2D eigenvalue weighted by molar-refractivity contribution is 0.0513. The third-order valence-corrected chi connectivity index (χ3v) is 6.27. The van der Waals surface area contributed by atoms with Gasteiger partial charge in [0.1, 0.15) is 11.6 Å². The number of guanidine groups is 1. The summed E-state index contributed by atoms with van der Waals surface area (Å²) >= 11 is 0. The highest BCUT2D eigenvalue weighted by Gasteiger charge is 2.35. The highest BCUT2D eigenvalue weighted by molar-refractivity contribution is 14.0. The number of nitrogens with zero attached hydrogens (tertiary/aromatic N) is 1. The molecule has 0 aliphatic carbocycles. The third-order valence-electron chi connectivity index (χ3n) is 6.27. The van der Waals surface area contributed by atoms with Crippen molar-refractivity contribution in [1.29, 1.82) is 0 Å². The molecule has 1 aliphatic rings. The molecular weight excluding hydrogens is 520 g/mol. The molecule has 1 aliphatic heterocycles. The molecule has 0 aromatic heterocycles. The number of hydrogen-bond acceptors (Lipinski definition) is 3. The van der Waals surface area contributed by atoms with Gasteiger partial charge in [-0.15, -0.1) is 24.0 Å². The van der Waals surface area contributed by atoms with Crippen LogP contribution >= 0.6 is 24.0 Å². The second kappa shape index (κ2) is 11.8. The van der Waals surface area contributed by atoms with Crippen molar-refractivity contribution in [3.05, 3.63) is 65.5 Å². The normalized spacial score (nSPS) is 16.1. The van der Waals surface area contributed by atoms with E-state index in [2.05, 4.69) is 41.6 Å². The first-order valence-electron chi connectivity index (χ1n) is 10.8. The molecule has 3 rings (SSSR count). The number of halogens is 2. The second-order valence-corrected chi connectivity index (χ2v) is 8.79. The Bertz CT molecular complexity index is 881. The molecule has 0 bridgehead atoms. The summed E-state index contributed by atoms with van der Waals surface area (Å²) in [5.41, 5.74) is 1.96. The molecular formula is C25H35FIN3O2. The fourth-order valence-electron chi connectivity index (χ4n) is 4.06. The molecule has 0 amide bonds. The van der Waals surface area contributed by atoms with Gasteiger partial charge in [-0.2, -0.15) is 0 Å². The molecule has 1 fully saturated rings. The minimum atomic E-state index is -0.244. The Morgan fingerprint density at radius 1 is 1.12 bits per heavy atom. The minimum Gasteiger partial charge on any atom is -0.497 e. The van der Waals surface area contributed by atoms with Crippen LogP contribution in [0.5, 0.6) is 5.75 Å². The van der Waals surface area contributed by atoms with Gasteiger partial charge in [0.05, 0.1) is 7.11 Å². The van der Waals surface area contributed by atoms with Crippen molar-refractivity contribution in [3.63, 3.8) is 0 Å². The van der Waals surface area contributed by atoms with Gasteiger partial charge < -0.3 is 20.1 Å². The zero-order valence-electron chi connectivity index (χ0n) is 19.4. The van der Waals surface area contributed by atoms with Crippen LogP contribution in [0.1, 0.15) is 37.8 Å². The van der Waals surface area contributed by atoms with Crippen LogP contribution in [0.15, 0.2) is 53.5 Å². The van der Waals surface area contributed by atoms with Crippen molar-refractivity contribution in [2.75, 3.05) is 40.5 Å². The highest BCUT2D eigenvalue weighted by atomic mass is 127. The molecule has 5 nitrogen and oxygen atoms in total. The molecule has 32 heavy (non-hydrogen) atoms. The molecule has 2 N–H and O–H groups in total. The fraction of sp³-hybridized carbons (Fsp3) is 0.480. The van der Waals surface area contributed by atoms with Crippen LogP contribution < -0.4 is 15.4 Å². The number of hydrogen-bond donors (Lipinski definition) is 2. The van der Waals surface area contributed by atoms with Crippen LogP contribution in [0.3, 0.4) is 0 Å². The van der Waals surface area contributed by atoms with E-state index in [0.717, 1.165) is 49.9 Å². The molecule has 1 saturated heterocycles. The van der Waals surface area contributed by atoms with Gasteiger partial charge in [0, 0.05) is 44.2 Å². The zero-order chi connectivity index (χ0) is 22.3. The fourth-order valence-corrected chi connectivity index (χ4v) is 4.06. The predicted octanol–water partition coefficient (Wildman–Crippen LogP) is 4.64. The summed E-state index contributed by atoms with van der Waals surface area (Å²) in [5.74, 6) is 1.38. The van der Waals surface area contributed by atoms with Crippen molar-refractivity contribution in [1.82, 2.24) is 10.6 Å². The number of nitrogens with one attached hydrogen (secondary N) is 2. The average Bonchev–Trinajstić information content (AvgIpc) is 2.80. The van der Waals surface area contributed by atoms with E-state index in [9.17, 15) is 4.39 Å². The number of benzene rings is 2. The maximum Gasteiger partial charge on any atom is 0.191 e. The Morgan fingerprint density at radius 2 is 1.81 bits per heavy atom. The van der Waals surface area contributed by atoms with Crippen LogP contribution in [0.2, 0.25) is 0 Å². The van der Waals surface area contributed by atoms with E-state index < -0.39 is 0 Å². The lowest BCUT2D eigenvalue weighted by Gasteiger charge is -2.38. The molecule has 2 aromatic carbocycles. The lowest BCUT2D eigenvalue weighted by Crippen LogP contribution is -2.49. The first-order valence-corrected chi connectivity index (χ1v) is 10.8. The molecule has 0 atom stereocenters. The Hall–Kier alpha value is -1.87. The van der Waals surface area contributed by atoms with Crippen molar-refractivity contribution < 1.29 is 13.9 Å². The lowest BCUT2D eigenvalue weighted by atomic mass is 9.74. The van der Waals surface area contributed by atoms with Gasteiger partial charge >= 0.3 is 0 Å². The maximum atomic E-state index is 13.7. The third kappa shape index (κ3) is 6.57. The summed E-state index contributed by atoms with van der Waals surface area (Å²) in [7, 11) is 3.45. The van der Waals surface area contributed by atoms with E-state index in [-0.39, 0.29) is 40.6 Å². The SMILES string of the molecule is CN=C(NCC(C)(C)c1cccc(F)c1)NCC1(c2ccc(OC)cc2)CCOCC1.I. The van der Waals surface area contributed by atoms with Crippen molar-refractivity contribution in [3.8, 4) is 5.75 Å². The summed E-state index contributed by atoms with van der Waals surface area (Å²) in [6.07, 6.45) is 1.89. The summed E-state index contributed by atoms with van der Waals surface area (Å²) in [4.78, 5) is 4.41. The number of methoxy groups -OCH3 is 1. The summed E-state index contributed by atoms with van der Waals surface area (Å²) in [5, 5.41) is 6.94. The number of rotatable bonds is 7. The van der Waals surface area contributed by atoms with Crippen LogP contribution in [-0.2, 0) is 15.6 Å². The van der Waals surface area contributed by atoms with Crippen molar-refractivity contribution in [2.45, 2.75) is 37.5 Å². The van der Waals surface area contributed by atoms with Gasteiger partial charge in [-0.25, -0.2) is 4.39 Å². The quantitative estimate of drug-likeness (QED) is 0.297. The first kappa shape index (κ1) is 26.4. The smallest absolute Gasteiger partial charge is 0.191 e. The molecule has 176 valence electrons. The average molecular weight is 555 g/mol. The van der Waals surface area contributed by atoms with Gasteiger partial charge in [0.25, 0.3) is 0 Å². The van der Waals surface area contributed by atoms with Gasteiger partial charge in [-0.3, -0.25) is 4.99 Å². The molecule has 0 spiro atoms. The van der Waals surface area contributed by atoms with Crippen LogP contribution in [0.25, 0.3) is 0 Å². The molecule has 7 heteroatoms. The standard InChI is InChI=1S/C25H34FN3O2.HI/c1-24(2,20-6-5-7-21(26)16-20)17-28-23(27-3)29-18-25(12-14-31-15-13-25)19-8-10-22(30-4)11-9-19;/h5-11,16H,12-15,17-18H2,1-4H3,(H2,27,28,29);1H. The van der Waals surface area contributed by atoms with E-state index in [1.165, 1.54) is 11.6 Å². The first-order chi connectivity index (χ1) is 14.9. The van der Waals surface area contributed by atoms with Gasteiger partial charge in [-0.1, -0.05) is 38.1 Å². The summed E-state index contributed by atoms with van der Waals surface area (Å²) in [6, 6.07) is 15.1. The number of ether oxygens (including phenoxy) is 2. The Balaban J connectivity index is 0.00000363. The predicted molar refractivity (Wildman–Crippen MR) is 139 cm³/mol. The molecule has 2 aromatic rings. The van der Waals surface area contributed by atoms with Crippen LogP contribution in [-0.4, -0.2) is 46.4 Å². The van der Waals surface area contributed by atoms with E-state index in [1.54, 1.807) is 26.3 Å². The Morgan fingerprint density at radius 3 is 2.41 bits per heavy atom. The Kier molecular flexibility index (Phi) is 9.76. The molecule has 0 radical (unpaired) electrons.